The van der Waals surface area contributed by atoms with Gasteiger partial charge in [-0.2, -0.15) is 0 Å². The summed E-state index contributed by atoms with van der Waals surface area (Å²) in [5.74, 6) is 0. The van der Waals surface area contributed by atoms with Crippen LogP contribution in [0.2, 0.25) is 0 Å². The summed E-state index contributed by atoms with van der Waals surface area (Å²) in [6.07, 6.45) is 7.38. The van der Waals surface area contributed by atoms with Gasteiger partial charge in [0.1, 0.15) is 0 Å². The molecule has 4 heteroatoms. The third-order valence-corrected chi connectivity index (χ3v) is 3.00. The molecule has 1 atom stereocenters. The fourth-order valence-corrected chi connectivity index (χ4v) is 1.91. The molecule has 0 heterocycles. The summed E-state index contributed by atoms with van der Waals surface area (Å²) in [4.78, 5) is 0. The quantitative estimate of drug-likeness (QED) is 0.521. The van der Waals surface area contributed by atoms with Gasteiger partial charge in [0.25, 0.3) is 6.43 Å². The lowest BCUT2D eigenvalue weighted by Gasteiger charge is -2.16. The fraction of sp³-hybridized carbons (Fsp3) is 1.00. The molecule has 0 aromatic rings. The number of alkyl halides is 2. The molecule has 104 valence electrons. The van der Waals surface area contributed by atoms with Gasteiger partial charge in [0, 0.05) is 12.6 Å². The van der Waals surface area contributed by atoms with Gasteiger partial charge in [-0.1, -0.05) is 51.9 Å². The summed E-state index contributed by atoms with van der Waals surface area (Å²) in [5, 5.41) is 2.81. The molecule has 0 rings (SSSR count). The maximum absolute atomic E-state index is 12.0. The zero-order valence-electron chi connectivity index (χ0n) is 11.1. The predicted molar refractivity (Wildman–Crippen MR) is 69.5 cm³/mol. The van der Waals surface area contributed by atoms with Crippen LogP contribution in [0.3, 0.4) is 0 Å². The van der Waals surface area contributed by atoms with E-state index in [-0.39, 0.29) is 12.6 Å². The maximum atomic E-state index is 12.0. The summed E-state index contributed by atoms with van der Waals surface area (Å²) in [5.41, 5.74) is 5.53. The van der Waals surface area contributed by atoms with E-state index < -0.39 is 6.43 Å². The van der Waals surface area contributed by atoms with Gasteiger partial charge >= 0.3 is 0 Å². The van der Waals surface area contributed by atoms with E-state index in [1.54, 1.807) is 0 Å². The number of unbranched alkanes of at least 4 members (excludes halogenated alkanes) is 6. The summed E-state index contributed by atoms with van der Waals surface area (Å²) >= 11 is 0. The second kappa shape index (κ2) is 12.2. The van der Waals surface area contributed by atoms with Gasteiger partial charge in [-0.3, -0.25) is 0 Å². The molecule has 17 heavy (non-hydrogen) atoms. The molecule has 0 aliphatic rings. The number of hydrogen-bond acceptors (Lipinski definition) is 2. The number of nitrogens with one attached hydrogen (secondary N) is 1. The van der Waals surface area contributed by atoms with Crippen molar-refractivity contribution in [2.24, 2.45) is 5.73 Å². The lowest BCUT2D eigenvalue weighted by Crippen LogP contribution is -2.38. The summed E-state index contributed by atoms with van der Waals surface area (Å²) in [6.45, 7) is 2.42. The van der Waals surface area contributed by atoms with Crippen molar-refractivity contribution in [2.75, 3.05) is 13.1 Å². The van der Waals surface area contributed by atoms with Crippen LogP contribution in [0.5, 0.6) is 0 Å². The fourth-order valence-electron chi connectivity index (χ4n) is 1.91. The molecule has 0 aromatic carbocycles. The van der Waals surface area contributed by atoms with E-state index in [1.807, 2.05) is 0 Å². The minimum atomic E-state index is -2.28. The van der Waals surface area contributed by atoms with Gasteiger partial charge in [-0.25, -0.2) is 8.78 Å². The second-order valence-electron chi connectivity index (χ2n) is 4.64. The van der Waals surface area contributed by atoms with Crippen molar-refractivity contribution in [3.8, 4) is 0 Å². The molecule has 0 aliphatic heterocycles. The zero-order chi connectivity index (χ0) is 12.9. The van der Waals surface area contributed by atoms with Crippen molar-refractivity contribution in [2.45, 2.75) is 70.8 Å². The van der Waals surface area contributed by atoms with E-state index in [9.17, 15) is 8.78 Å². The third kappa shape index (κ3) is 12.0. The molecular formula is C13H28F2N2. The van der Waals surface area contributed by atoms with Crippen LogP contribution in [0.15, 0.2) is 0 Å². The van der Waals surface area contributed by atoms with E-state index in [0.717, 1.165) is 12.8 Å². The molecule has 0 fully saturated rings. The van der Waals surface area contributed by atoms with Crippen LogP contribution in [0.1, 0.15) is 58.3 Å². The van der Waals surface area contributed by atoms with Gasteiger partial charge in [0.2, 0.25) is 0 Å². The molecule has 3 N–H and O–H groups in total. The second-order valence-corrected chi connectivity index (χ2v) is 4.64. The zero-order valence-corrected chi connectivity index (χ0v) is 11.1. The average Bonchev–Trinajstić information content (AvgIpc) is 2.31. The standard InChI is InChI=1S/C13H28F2N2/c1-2-3-4-5-6-7-8-9-12(10-16)17-11-13(14)15/h12-13,17H,2-11,16H2,1H3. The van der Waals surface area contributed by atoms with Crippen LogP contribution in [-0.2, 0) is 0 Å². The first-order valence-corrected chi connectivity index (χ1v) is 6.92. The van der Waals surface area contributed by atoms with E-state index in [0.29, 0.717) is 6.54 Å². The highest BCUT2D eigenvalue weighted by Crippen LogP contribution is 2.09. The van der Waals surface area contributed by atoms with Crippen molar-refractivity contribution in [1.82, 2.24) is 5.32 Å². The lowest BCUT2D eigenvalue weighted by atomic mass is 10.1. The van der Waals surface area contributed by atoms with Crippen LogP contribution in [0.4, 0.5) is 8.78 Å². The Bertz CT molecular complexity index is 154. The summed E-state index contributed by atoms with van der Waals surface area (Å²) in [7, 11) is 0. The first-order chi connectivity index (χ1) is 8.20. The minimum Gasteiger partial charge on any atom is -0.329 e. The minimum absolute atomic E-state index is 0.0552. The Morgan fingerprint density at radius 2 is 1.59 bits per heavy atom. The van der Waals surface area contributed by atoms with Crippen LogP contribution in [-0.4, -0.2) is 25.6 Å². The van der Waals surface area contributed by atoms with Gasteiger partial charge in [-0.05, 0) is 6.42 Å². The van der Waals surface area contributed by atoms with Crippen molar-refractivity contribution in [1.29, 1.82) is 0 Å². The Kier molecular flexibility index (Phi) is 12.1. The number of halogens is 2. The smallest absolute Gasteiger partial charge is 0.250 e. The normalized spacial score (nSPS) is 13.2. The highest BCUT2D eigenvalue weighted by atomic mass is 19.3. The molecule has 2 nitrogen and oxygen atoms in total. The van der Waals surface area contributed by atoms with Crippen molar-refractivity contribution < 1.29 is 8.78 Å². The monoisotopic (exact) mass is 250 g/mol. The van der Waals surface area contributed by atoms with E-state index in [1.165, 1.54) is 38.5 Å². The third-order valence-electron chi connectivity index (χ3n) is 3.00. The maximum Gasteiger partial charge on any atom is 0.250 e. The van der Waals surface area contributed by atoms with Gasteiger partial charge in [-0.15, -0.1) is 0 Å². The van der Waals surface area contributed by atoms with E-state index in [4.69, 9.17) is 5.73 Å². The topological polar surface area (TPSA) is 38.0 Å². The molecule has 0 saturated heterocycles. The molecule has 0 radical (unpaired) electrons. The van der Waals surface area contributed by atoms with Crippen LogP contribution < -0.4 is 11.1 Å². The molecule has 0 saturated carbocycles. The molecule has 1 unspecified atom stereocenters. The lowest BCUT2D eigenvalue weighted by molar-refractivity contribution is 0.140. The number of rotatable bonds is 12. The largest absolute Gasteiger partial charge is 0.329 e. The Morgan fingerprint density at radius 1 is 1.00 bits per heavy atom. The summed E-state index contributed by atoms with van der Waals surface area (Å²) in [6, 6.07) is 0.0552. The first-order valence-electron chi connectivity index (χ1n) is 6.92. The van der Waals surface area contributed by atoms with E-state index in [2.05, 4.69) is 12.2 Å². The molecule has 0 spiro atoms. The van der Waals surface area contributed by atoms with Gasteiger partial charge < -0.3 is 11.1 Å². The van der Waals surface area contributed by atoms with Crippen molar-refractivity contribution in [3.05, 3.63) is 0 Å². The first kappa shape index (κ1) is 16.8. The Labute approximate surface area is 104 Å². The average molecular weight is 250 g/mol. The SMILES string of the molecule is CCCCCCCCCC(CN)NCC(F)F. The van der Waals surface area contributed by atoms with Crippen LogP contribution in [0.25, 0.3) is 0 Å². The van der Waals surface area contributed by atoms with Crippen molar-refractivity contribution in [3.63, 3.8) is 0 Å². The summed E-state index contributed by atoms with van der Waals surface area (Å²) < 4.78 is 24.0. The molecule has 0 aliphatic carbocycles. The molecule has 0 amide bonds. The molecule has 0 aromatic heterocycles. The van der Waals surface area contributed by atoms with Crippen LogP contribution in [0, 0.1) is 0 Å². The number of hydrogen-bond donors (Lipinski definition) is 2. The Hall–Kier alpha value is -0.220. The van der Waals surface area contributed by atoms with E-state index >= 15 is 0 Å². The highest BCUT2D eigenvalue weighted by Gasteiger charge is 2.08. The van der Waals surface area contributed by atoms with Crippen LogP contribution >= 0.6 is 0 Å². The molecular weight excluding hydrogens is 222 g/mol. The highest BCUT2D eigenvalue weighted by molar-refractivity contribution is 4.68. The van der Waals surface area contributed by atoms with Gasteiger partial charge in [0.15, 0.2) is 0 Å². The Balaban J connectivity index is 3.31. The van der Waals surface area contributed by atoms with Gasteiger partial charge in [0.05, 0.1) is 6.54 Å². The Morgan fingerprint density at radius 3 is 2.12 bits per heavy atom. The molecule has 0 bridgehead atoms. The number of nitrogens with two attached hydrogens (primary N) is 1. The van der Waals surface area contributed by atoms with Crippen molar-refractivity contribution >= 4 is 0 Å². The predicted octanol–water partition coefficient (Wildman–Crippen LogP) is 3.31.